The normalized spacial score (nSPS) is 18.7. The Labute approximate surface area is 113 Å². The van der Waals surface area contributed by atoms with Gasteiger partial charge in [-0.15, -0.1) is 0 Å². The number of alkyl halides is 1. The van der Waals surface area contributed by atoms with Gasteiger partial charge in [-0.05, 0) is 37.7 Å². The van der Waals surface area contributed by atoms with Crippen LogP contribution >= 0.6 is 15.9 Å². The van der Waals surface area contributed by atoms with Crippen LogP contribution in [0, 0.1) is 5.92 Å². The predicted octanol–water partition coefficient (Wildman–Crippen LogP) is 4.35. The van der Waals surface area contributed by atoms with Crippen molar-refractivity contribution in [2.75, 3.05) is 5.33 Å². The first kappa shape index (κ1) is 13.1. The lowest BCUT2D eigenvalue weighted by Gasteiger charge is -2.11. The van der Waals surface area contributed by atoms with Crippen molar-refractivity contribution in [3.63, 3.8) is 0 Å². The Balaban J connectivity index is 1.92. The number of aromatic nitrogens is 2. The molecular weight excluding hydrogens is 276 g/mol. The van der Waals surface area contributed by atoms with Crippen LogP contribution in [0.2, 0.25) is 0 Å². The van der Waals surface area contributed by atoms with Crippen molar-refractivity contribution in [3.8, 4) is 0 Å². The zero-order chi connectivity index (χ0) is 12.1. The second kappa shape index (κ2) is 6.58. The number of hydrogen-bond acceptors (Lipinski definition) is 1. The van der Waals surface area contributed by atoms with Crippen LogP contribution in [0.25, 0.3) is 0 Å². The molecule has 1 fully saturated rings. The average Bonchev–Trinajstić information content (AvgIpc) is 2.98. The molecule has 2 rings (SSSR count). The second-order valence-corrected chi connectivity index (χ2v) is 5.89. The van der Waals surface area contributed by atoms with Crippen molar-refractivity contribution in [2.45, 2.75) is 57.9 Å². The molecule has 17 heavy (non-hydrogen) atoms. The van der Waals surface area contributed by atoms with E-state index in [1.807, 2.05) is 0 Å². The molecule has 1 heterocycles. The molecule has 96 valence electrons. The standard InChI is InChI=1S/C14H23BrN2/c1-2-5-12(11-15)10-13-8-9-17(16-13)14-6-3-4-7-14/h8-9,12,14H,2-7,10-11H2,1H3. The van der Waals surface area contributed by atoms with Gasteiger partial charge in [-0.1, -0.05) is 42.1 Å². The van der Waals surface area contributed by atoms with Crippen LogP contribution in [0.5, 0.6) is 0 Å². The first-order valence-electron chi connectivity index (χ1n) is 6.93. The van der Waals surface area contributed by atoms with Gasteiger partial charge in [0.2, 0.25) is 0 Å². The van der Waals surface area contributed by atoms with Gasteiger partial charge in [0, 0.05) is 11.5 Å². The van der Waals surface area contributed by atoms with Gasteiger partial charge in [0.15, 0.2) is 0 Å². The molecule has 0 aromatic carbocycles. The number of halogens is 1. The summed E-state index contributed by atoms with van der Waals surface area (Å²) in [6, 6.07) is 2.89. The van der Waals surface area contributed by atoms with Gasteiger partial charge in [0.05, 0.1) is 11.7 Å². The van der Waals surface area contributed by atoms with Crippen LogP contribution in [0.4, 0.5) is 0 Å². The Bertz CT molecular complexity index is 329. The number of rotatable bonds is 6. The molecule has 1 saturated carbocycles. The summed E-state index contributed by atoms with van der Waals surface area (Å²) in [4.78, 5) is 0. The molecule has 1 aromatic heterocycles. The predicted molar refractivity (Wildman–Crippen MR) is 75.6 cm³/mol. The van der Waals surface area contributed by atoms with E-state index in [4.69, 9.17) is 5.10 Å². The minimum absolute atomic E-state index is 0.678. The molecule has 0 aliphatic heterocycles. The van der Waals surface area contributed by atoms with E-state index in [1.165, 1.54) is 44.2 Å². The molecule has 0 saturated heterocycles. The fourth-order valence-corrected chi connectivity index (χ4v) is 3.35. The average molecular weight is 299 g/mol. The molecule has 3 heteroatoms. The van der Waals surface area contributed by atoms with E-state index in [9.17, 15) is 0 Å². The first-order valence-corrected chi connectivity index (χ1v) is 8.05. The van der Waals surface area contributed by atoms with Crippen LogP contribution in [0.1, 0.15) is 57.2 Å². The van der Waals surface area contributed by atoms with Crippen LogP contribution in [0.3, 0.4) is 0 Å². The van der Waals surface area contributed by atoms with Crippen LogP contribution in [0.15, 0.2) is 12.3 Å². The molecule has 0 spiro atoms. The molecular formula is C14H23BrN2. The largest absolute Gasteiger partial charge is 0.269 e. The lowest BCUT2D eigenvalue weighted by Crippen LogP contribution is -2.09. The van der Waals surface area contributed by atoms with E-state index in [0.29, 0.717) is 6.04 Å². The Morgan fingerprint density at radius 1 is 1.47 bits per heavy atom. The monoisotopic (exact) mass is 298 g/mol. The molecule has 0 radical (unpaired) electrons. The zero-order valence-electron chi connectivity index (χ0n) is 10.7. The summed E-state index contributed by atoms with van der Waals surface area (Å²) in [5.41, 5.74) is 1.27. The maximum absolute atomic E-state index is 4.76. The zero-order valence-corrected chi connectivity index (χ0v) is 12.3. The highest BCUT2D eigenvalue weighted by molar-refractivity contribution is 9.09. The topological polar surface area (TPSA) is 17.8 Å². The fourth-order valence-electron chi connectivity index (χ4n) is 2.80. The molecule has 0 amide bonds. The van der Waals surface area contributed by atoms with E-state index in [1.54, 1.807) is 0 Å². The molecule has 1 aromatic rings. The van der Waals surface area contributed by atoms with Crippen LogP contribution in [-0.4, -0.2) is 15.1 Å². The third kappa shape index (κ3) is 3.57. The molecule has 0 bridgehead atoms. The lowest BCUT2D eigenvalue weighted by atomic mass is 10.0. The summed E-state index contributed by atoms with van der Waals surface area (Å²) in [6.07, 6.45) is 11.2. The number of nitrogens with zero attached hydrogens (tertiary/aromatic N) is 2. The molecule has 1 atom stereocenters. The molecule has 1 aliphatic carbocycles. The maximum atomic E-state index is 4.76. The molecule has 2 nitrogen and oxygen atoms in total. The van der Waals surface area contributed by atoms with Gasteiger partial charge >= 0.3 is 0 Å². The molecule has 1 aliphatic rings. The van der Waals surface area contributed by atoms with Crippen molar-refractivity contribution < 1.29 is 0 Å². The molecule has 1 unspecified atom stereocenters. The Morgan fingerprint density at radius 3 is 2.88 bits per heavy atom. The summed E-state index contributed by atoms with van der Waals surface area (Å²) in [6.45, 7) is 2.26. The minimum atomic E-state index is 0.678. The van der Waals surface area contributed by atoms with Gasteiger partial charge in [-0.3, -0.25) is 4.68 Å². The highest BCUT2D eigenvalue weighted by atomic mass is 79.9. The Morgan fingerprint density at radius 2 is 2.24 bits per heavy atom. The SMILES string of the molecule is CCCC(CBr)Cc1ccn(C2CCCC2)n1. The first-order chi connectivity index (χ1) is 8.33. The minimum Gasteiger partial charge on any atom is -0.269 e. The van der Waals surface area contributed by atoms with E-state index >= 15 is 0 Å². The summed E-state index contributed by atoms with van der Waals surface area (Å²) in [5, 5.41) is 5.85. The second-order valence-electron chi connectivity index (χ2n) is 5.24. The van der Waals surface area contributed by atoms with Crippen molar-refractivity contribution in [1.82, 2.24) is 9.78 Å². The van der Waals surface area contributed by atoms with E-state index < -0.39 is 0 Å². The Kier molecular flexibility index (Phi) is 5.08. The maximum Gasteiger partial charge on any atom is 0.0627 e. The smallest absolute Gasteiger partial charge is 0.0627 e. The van der Waals surface area contributed by atoms with Gasteiger partial charge < -0.3 is 0 Å². The van der Waals surface area contributed by atoms with E-state index in [0.717, 1.165) is 17.7 Å². The lowest BCUT2D eigenvalue weighted by molar-refractivity contribution is 0.455. The highest BCUT2D eigenvalue weighted by Crippen LogP contribution is 2.29. The number of hydrogen-bond donors (Lipinski definition) is 0. The Hall–Kier alpha value is -0.310. The van der Waals surface area contributed by atoms with Crippen molar-refractivity contribution in [1.29, 1.82) is 0 Å². The van der Waals surface area contributed by atoms with Crippen LogP contribution in [-0.2, 0) is 6.42 Å². The quantitative estimate of drug-likeness (QED) is 0.714. The van der Waals surface area contributed by atoms with E-state index in [2.05, 4.69) is 39.8 Å². The summed E-state index contributed by atoms with van der Waals surface area (Å²) < 4.78 is 2.21. The van der Waals surface area contributed by atoms with Gasteiger partial charge in [-0.25, -0.2) is 0 Å². The molecule has 0 N–H and O–H groups in total. The third-order valence-electron chi connectivity index (χ3n) is 3.78. The van der Waals surface area contributed by atoms with Gasteiger partial charge in [0.25, 0.3) is 0 Å². The van der Waals surface area contributed by atoms with Gasteiger partial charge in [0.1, 0.15) is 0 Å². The fraction of sp³-hybridized carbons (Fsp3) is 0.786. The highest BCUT2D eigenvalue weighted by Gasteiger charge is 2.18. The van der Waals surface area contributed by atoms with Crippen molar-refractivity contribution >= 4 is 15.9 Å². The summed E-state index contributed by atoms with van der Waals surface area (Å²) in [5.74, 6) is 0.743. The van der Waals surface area contributed by atoms with E-state index in [-0.39, 0.29) is 0 Å². The van der Waals surface area contributed by atoms with Crippen LogP contribution < -0.4 is 0 Å². The van der Waals surface area contributed by atoms with Crippen molar-refractivity contribution in [2.24, 2.45) is 5.92 Å². The van der Waals surface area contributed by atoms with Gasteiger partial charge in [-0.2, -0.15) is 5.10 Å². The van der Waals surface area contributed by atoms with Crippen molar-refractivity contribution in [3.05, 3.63) is 18.0 Å². The summed E-state index contributed by atoms with van der Waals surface area (Å²) >= 11 is 3.61. The third-order valence-corrected chi connectivity index (χ3v) is 4.69. The summed E-state index contributed by atoms with van der Waals surface area (Å²) in [7, 11) is 0.